The Morgan fingerprint density at radius 3 is 2.68 bits per heavy atom. The zero-order chi connectivity index (χ0) is 13.8. The van der Waals surface area contributed by atoms with Crippen molar-refractivity contribution in [2.24, 2.45) is 0 Å². The number of nitrogens with one attached hydrogen (secondary N) is 2. The number of hydrogen-bond donors (Lipinski definition) is 3. The maximum absolute atomic E-state index is 13.7. The highest BCUT2D eigenvalue weighted by Gasteiger charge is 2.06. The third kappa shape index (κ3) is 3.31. The quantitative estimate of drug-likeness (QED) is 0.789. The molecule has 1 heterocycles. The van der Waals surface area contributed by atoms with Crippen LogP contribution in [0.2, 0.25) is 0 Å². The molecule has 0 radical (unpaired) electrons. The molecule has 1 aromatic carbocycles. The van der Waals surface area contributed by atoms with E-state index in [2.05, 4.69) is 20.6 Å². The van der Waals surface area contributed by atoms with Gasteiger partial charge in [0.15, 0.2) is 0 Å². The van der Waals surface area contributed by atoms with Crippen molar-refractivity contribution in [2.75, 3.05) is 22.9 Å². The molecule has 0 aliphatic carbocycles. The first kappa shape index (κ1) is 13.1. The van der Waals surface area contributed by atoms with Crippen molar-refractivity contribution in [3.8, 4) is 0 Å². The Balaban J connectivity index is 2.29. The van der Waals surface area contributed by atoms with Gasteiger partial charge in [-0.15, -0.1) is 0 Å². The summed E-state index contributed by atoms with van der Waals surface area (Å²) in [5.41, 5.74) is 6.93. The molecule has 0 atom stereocenters. The summed E-state index contributed by atoms with van der Waals surface area (Å²) in [6.45, 7) is 4.56. The molecule has 0 saturated carbocycles. The normalized spacial score (nSPS) is 10.3. The summed E-state index contributed by atoms with van der Waals surface area (Å²) >= 11 is 0. The van der Waals surface area contributed by atoms with E-state index in [9.17, 15) is 4.39 Å². The second-order valence-corrected chi connectivity index (χ2v) is 4.14. The third-order valence-electron chi connectivity index (χ3n) is 2.49. The number of nitrogens with zero attached hydrogens (tertiary/aromatic N) is 2. The largest absolute Gasteiger partial charge is 0.370 e. The van der Waals surface area contributed by atoms with Gasteiger partial charge < -0.3 is 16.4 Å². The minimum Gasteiger partial charge on any atom is -0.370 e. The Hall–Kier alpha value is -2.37. The molecule has 0 amide bonds. The van der Waals surface area contributed by atoms with Crippen molar-refractivity contribution in [2.45, 2.75) is 13.8 Å². The highest BCUT2D eigenvalue weighted by molar-refractivity contribution is 5.61. The zero-order valence-electron chi connectivity index (χ0n) is 10.9. The van der Waals surface area contributed by atoms with Crippen molar-refractivity contribution in [3.05, 3.63) is 35.6 Å². The summed E-state index contributed by atoms with van der Waals surface area (Å²) in [6.07, 6.45) is 0. The number of aryl methyl sites for hydroxylation is 1. The second kappa shape index (κ2) is 5.51. The van der Waals surface area contributed by atoms with Crippen LogP contribution >= 0.6 is 0 Å². The Kier molecular flexibility index (Phi) is 3.79. The van der Waals surface area contributed by atoms with E-state index in [1.165, 1.54) is 6.07 Å². The average molecular weight is 261 g/mol. The summed E-state index contributed by atoms with van der Waals surface area (Å²) in [4.78, 5) is 8.06. The van der Waals surface area contributed by atoms with Crippen LogP contribution in [0.3, 0.4) is 0 Å². The van der Waals surface area contributed by atoms with Gasteiger partial charge in [-0.1, -0.05) is 6.07 Å². The molecule has 0 fully saturated rings. The fourth-order valence-electron chi connectivity index (χ4n) is 1.67. The average Bonchev–Trinajstić information content (AvgIpc) is 2.33. The molecular weight excluding hydrogens is 245 g/mol. The lowest BCUT2D eigenvalue weighted by Gasteiger charge is -2.10. The van der Waals surface area contributed by atoms with Crippen LogP contribution in [-0.4, -0.2) is 16.5 Å². The van der Waals surface area contributed by atoms with Crippen LogP contribution in [0.4, 0.5) is 27.7 Å². The minimum absolute atomic E-state index is 0.133. The van der Waals surface area contributed by atoms with Crippen molar-refractivity contribution in [1.82, 2.24) is 9.97 Å². The lowest BCUT2D eigenvalue weighted by Crippen LogP contribution is -2.06. The molecule has 0 aliphatic heterocycles. The van der Waals surface area contributed by atoms with Crippen LogP contribution in [0.25, 0.3) is 0 Å². The molecular formula is C13H16FN5. The maximum Gasteiger partial charge on any atom is 0.223 e. The van der Waals surface area contributed by atoms with E-state index in [1.807, 2.05) is 13.8 Å². The summed E-state index contributed by atoms with van der Waals surface area (Å²) in [6, 6.07) is 6.51. The Morgan fingerprint density at radius 2 is 1.95 bits per heavy atom. The van der Waals surface area contributed by atoms with Gasteiger partial charge >= 0.3 is 0 Å². The van der Waals surface area contributed by atoms with Crippen molar-refractivity contribution in [1.29, 1.82) is 0 Å². The first-order valence-electron chi connectivity index (χ1n) is 6.00. The Bertz CT molecular complexity index is 585. The first-order chi connectivity index (χ1) is 9.08. The number of anilines is 4. The standard InChI is InChI=1S/C13H16FN5/c1-3-16-11-7-12(19-13(15)18-11)17-10-6-8(2)4-5-9(10)14/h4-7H,3H2,1-2H3,(H4,15,16,17,18,19). The molecule has 0 spiro atoms. The zero-order valence-corrected chi connectivity index (χ0v) is 10.9. The van der Waals surface area contributed by atoms with Crippen LogP contribution in [0.15, 0.2) is 24.3 Å². The van der Waals surface area contributed by atoms with E-state index in [4.69, 9.17) is 5.73 Å². The van der Waals surface area contributed by atoms with E-state index in [1.54, 1.807) is 18.2 Å². The van der Waals surface area contributed by atoms with Crippen molar-refractivity contribution >= 4 is 23.3 Å². The molecule has 100 valence electrons. The topological polar surface area (TPSA) is 75.9 Å². The van der Waals surface area contributed by atoms with Gasteiger partial charge in [0.05, 0.1) is 5.69 Å². The van der Waals surface area contributed by atoms with Crippen molar-refractivity contribution in [3.63, 3.8) is 0 Å². The maximum atomic E-state index is 13.7. The van der Waals surface area contributed by atoms with Gasteiger partial charge in [-0.05, 0) is 31.5 Å². The summed E-state index contributed by atoms with van der Waals surface area (Å²) < 4.78 is 13.7. The van der Waals surface area contributed by atoms with Gasteiger partial charge in [-0.25, -0.2) is 4.39 Å². The van der Waals surface area contributed by atoms with Crippen LogP contribution in [-0.2, 0) is 0 Å². The van der Waals surface area contributed by atoms with Gasteiger partial charge in [0, 0.05) is 12.6 Å². The first-order valence-corrected chi connectivity index (χ1v) is 6.00. The van der Waals surface area contributed by atoms with Crippen LogP contribution in [0.5, 0.6) is 0 Å². The molecule has 0 aliphatic rings. The van der Waals surface area contributed by atoms with E-state index in [0.717, 1.165) is 5.56 Å². The van der Waals surface area contributed by atoms with Crippen LogP contribution < -0.4 is 16.4 Å². The summed E-state index contributed by atoms with van der Waals surface area (Å²) in [5, 5.41) is 5.94. The van der Waals surface area contributed by atoms with E-state index < -0.39 is 0 Å². The molecule has 2 aromatic rings. The Labute approximate surface area is 111 Å². The van der Waals surface area contributed by atoms with E-state index >= 15 is 0 Å². The van der Waals surface area contributed by atoms with Gasteiger partial charge in [0.1, 0.15) is 17.5 Å². The van der Waals surface area contributed by atoms with Crippen LogP contribution in [0.1, 0.15) is 12.5 Å². The van der Waals surface area contributed by atoms with Crippen LogP contribution in [0, 0.1) is 12.7 Å². The fraction of sp³-hybridized carbons (Fsp3) is 0.231. The number of aromatic nitrogens is 2. The number of hydrogen-bond acceptors (Lipinski definition) is 5. The van der Waals surface area contributed by atoms with E-state index in [-0.39, 0.29) is 11.8 Å². The number of halogens is 1. The van der Waals surface area contributed by atoms with Crippen molar-refractivity contribution < 1.29 is 4.39 Å². The molecule has 0 saturated heterocycles. The van der Waals surface area contributed by atoms with Gasteiger partial charge in [0.25, 0.3) is 0 Å². The molecule has 0 bridgehead atoms. The lowest BCUT2D eigenvalue weighted by molar-refractivity contribution is 0.631. The molecule has 2 rings (SSSR count). The number of benzene rings is 1. The highest BCUT2D eigenvalue weighted by Crippen LogP contribution is 2.21. The number of rotatable bonds is 4. The monoisotopic (exact) mass is 261 g/mol. The Morgan fingerprint density at radius 1 is 1.21 bits per heavy atom. The number of nitrogen functional groups attached to an aromatic ring is 1. The predicted octanol–water partition coefficient (Wildman–Crippen LogP) is 2.68. The van der Waals surface area contributed by atoms with Gasteiger partial charge in [0.2, 0.25) is 5.95 Å². The molecule has 4 N–H and O–H groups in total. The van der Waals surface area contributed by atoms with E-state index in [0.29, 0.717) is 23.9 Å². The highest BCUT2D eigenvalue weighted by atomic mass is 19.1. The summed E-state index contributed by atoms with van der Waals surface area (Å²) in [7, 11) is 0. The number of nitrogens with two attached hydrogens (primary N) is 1. The summed E-state index contributed by atoms with van der Waals surface area (Å²) in [5.74, 6) is 0.848. The fourth-order valence-corrected chi connectivity index (χ4v) is 1.67. The molecule has 1 aromatic heterocycles. The molecule has 0 unspecified atom stereocenters. The smallest absolute Gasteiger partial charge is 0.223 e. The predicted molar refractivity (Wildman–Crippen MR) is 75.0 cm³/mol. The minimum atomic E-state index is -0.340. The molecule has 5 nitrogen and oxygen atoms in total. The molecule has 6 heteroatoms. The molecule has 19 heavy (non-hydrogen) atoms. The second-order valence-electron chi connectivity index (χ2n) is 4.14. The lowest BCUT2D eigenvalue weighted by atomic mass is 10.2. The SMILES string of the molecule is CCNc1cc(Nc2cc(C)ccc2F)nc(N)n1. The van der Waals surface area contributed by atoms with Gasteiger partial charge in [-0.2, -0.15) is 9.97 Å². The third-order valence-corrected chi connectivity index (χ3v) is 2.49. The van der Waals surface area contributed by atoms with Gasteiger partial charge in [-0.3, -0.25) is 0 Å².